The zero-order chi connectivity index (χ0) is 22.3. The van der Waals surface area contributed by atoms with Crippen molar-refractivity contribution < 1.29 is 14.3 Å². The maximum atomic E-state index is 13.1. The first kappa shape index (κ1) is 22.0. The lowest BCUT2D eigenvalue weighted by atomic mass is 10.1. The summed E-state index contributed by atoms with van der Waals surface area (Å²) in [5, 5.41) is 6.57. The van der Waals surface area contributed by atoms with Gasteiger partial charge < -0.3 is 15.4 Å². The van der Waals surface area contributed by atoms with Crippen LogP contribution in [0.1, 0.15) is 62.9 Å². The van der Waals surface area contributed by atoms with Crippen molar-refractivity contribution in [2.75, 3.05) is 11.9 Å². The number of unbranched alkanes of at least 4 members (excludes halogenated alkanes) is 1. The predicted molar refractivity (Wildman–Crippen MR) is 127 cm³/mol. The highest BCUT2D eigenvalue weighted by Gasteiger charge is 2.27. The first-order valence-corrected chi connectivity index (χ1v) is 11.8. The van der Waals surface area contributed by atoms with Gasteiger partial charge in [-0.15, -0.1) is 11.3 Å². The minimum Gasteiger partial charge on any atom is -0.494 e. The lowest BCUT2D eigenvalue weighted by Gasteiger charge is -2.11. The number of amides is 2. The molecule has 1 aliphatic rings. The molecule has 0 aliphatic heterocycles. The van der Waals surface area contributed by atoms with Crippen molar-refractivity contribution in [3.8, 4) is 5.75 Å². The van der Waals surface area contributed by atoms with Gasteiger partial charge in [0.05, 0.1) is 12.2 Å². The summed E-state index contributed by atoms with van der Waals surface area (Å²) >= 11 is 1.51. The molecule has 1 aromatic carbocycles. The predicted octanol–water partition coefficient (Wildman–Crippen LogP) is 4.99. The fourth-order valence-electron chi connectivity index (χ4n) is 3.74. The first-order valence-electron chi connectivity index (χ1n) is 11.0. The Labute approximate surface area is 192 Å². The van der Waals surface area contributed by atoms with Crippen LogP contribution >= 0.6 is 11.3 Å². The molecule has 0 bridgehead atoms. The molecule has 0 saturated carbocycles. The van der Waals surface area contributed by atoms with E-state index in [1.807, 2.05) is 24.3 Å². The number of nitrogens with one attached hydrogen (secondary N) is 2. The Bertz CT molecular complexity index is 1100. The summed E-state index contributed by atoms with van der Waals surface area (Å²) < 4.78 is 5.73. The molecule has 6 nitrogen and oxygen atoms in total. The van der Waals surface area contributed by atoms with Crippen LogP contribution in [0.5, 0.6) is 5.75 Å². The maximum Gasteiger partial charge on any atom is 0.256 e. The van der Waals surface area contributed by atoms with Gasteiger partial charge in [-0.05, 0) is 61.1 Å². The van der Waals surface area contributed by atoms with Crippen LogP contribution in [0.3, 0.4) is 0 Å². The highest BCUT2D eigenvalue weighted by atomic mass is 32.1. The van der Waals surface area contributed by atoms with Crippen molar-refractivity contribution in [3.63, 3.8) is 0 Å². The number of carbonyl (C=O) groups is 2. The Morgan fingerprint density at radius 3 is 2.88 bits per heavy atom. The quantitative estimate of drug-likeness (QED) is 0.451. The summed E-state index contributed by atoms with van der Waals surface area (Å²) in [7, 11) is 0. The molecule has 0 fully saturated rings. The number of thiophene rings is 1. The van der Waals surface area contributed by atoms with Gasteiger partial charge in [0, 0.05) is 29.4 Å². The van der Waals surface area contributed by atoms with Gasteiger partial charge in [-0.2, -0.15) is 0 Å². The number of anilines is 1. The second kappa shape index (κ2) is 10.4. The van der Waals surface area contributed by atoms with Crippen molar-refractivity contribution in [1.29, 1.82) is 0 Å². The molecule has 2 N–H and O–H groups in total. The SMILES string of the molecule is CCCCOc1cccc(C(=O)Nc2sc3c(c2C(=O)NCc2cccnc2)CCC3)c1. The summed E-state index contributed by atoms with van der Waals surface area (Å²) in [6.45, 7) is 3.12. The van der Waals surface area contributed by atoms with Crippen LogP contribution in [0.4, 0.5) is 5.00 Å². The van der Waals surface area contributed by atoms with Gasteiger partial charge in [-0.1, -0.05) is 25.5 Å². The molecule has 0 unspecified atom stereocenters. The largest absolute Gasteiger partial charge is 0.494 e. The number of aryl methyl sites for hydroxylation is 1. The molecule has 1 aliphatic carbocycles. The van der Waals surface area contributed by atoms with Crippen LogP contribution in [0.2, 0.25) is 0 Å². The zero-order valence-electron chi connectivity index (χ0n) is 18.1. The normalized spacial score (nSPS) is 12.3. The monoisotopic (exact) mass is 449 g/mol. The molecule has 0 saturated heterocycles. The van der Waals surface area contributed by atoms with E-state index >= 15 is 0 Å². The van der Waals surface area contributed by atoms with Crippen molar-refractivity contribution in [2.45, 2.75) is 45.6 Å². The highest BCUT2D eigenvalue weighted by Crippen LogP contribution is 2.39. The molecule has 32 heavy (non-hydrogen) atoms. The molecule has 2 aromatic heterocycles. The highest BCUT2D eigenvalue weighted by molar-refractivity contribution is 7.17. The van der Waals surface area contributed by atoms with E-state index in [9.17, 15) is 9.59 Å². The topological polar surface area (TPSA) is 80.3 Å². The van der Waals surface area contributed by atoms with Crippen LogP contribution in [0.25, 0.3) is 0 Å². The molecule has 0 radical (unpaired) electrons. The van der Waals surface area contributed by atoms with E-state index in [-0.39, 0.29) is 11.8 Å². The summed E-state index contributed by atoms with van der Waals surface area (Å²) in [4.78, 5) is 31.3. The van der Waals surface area contributed by atoms with Gasteiger partial charge in [-0.25, -0.2) is 0 Å². The van der Waals surface area contributed by atoms with E-state index in [2.05, 4.69) is 22.5 Å². The number of pyridine rings is 1. The number of carbonyl (C=O) groups excluding carboxylic acids is 2. The van der Waals surface area contributed by atoms with Crippen LogP contribution in [-0.4, -0.2) is 23.4 Å². The summed E-state index contributed by atoms with van der Waals surface area (Å²) in [5.74, 6) is 0.265. The number of nitrogens with zero attached hydrogens (tertiary/aromatic N) is 1. The number of benzene rings is 1. The van der Waals surface area contributed by atoms with Crippen LogP contribution in [0.15, 0.2) is 48.8 Å². The van der Waals surface area contributed by atoms with Crippen molar-refractivity contribution in [1.82, 2.24) is 10.3 Å². The van der Waals surface area contributed by atoms with E-state index in [4.69, 9.17) is 4.74 Å². The fraction of sp³-hybridized carbons (Fsp3) is 0.320. The van der Waals surface area contributed by atoms with E-state index in [0.717, 1.165) is 43.2 Å². The van der Waals surface area contributed by atoms with Crippen LogP contribution in [-0.2, 0) is 19.4 Å². The molecule has 3 aromatic rings. The second-order valence-corrected chi connectivity index (χ2v) is 8.89. The molecular weight excluding hydrogens is 422 g/mol. The van der Waals surface area contributed by atoms with Crippen molar-refractivity contribution in [2.24, 2.45) is 0 Å². The van der Waals surface area contributed by atoms with Gasteiger partial charge in [0.25, 0.3) is 11.8 Å². The van der Waals surface area contributed by atoms with Crippen molar-refractivity contribution in [3.05, 3.63) is 75.9 Å². The third-order valence-corrected chi connectivity index (χ3v) is 6.62. The Balaban J connectivity index is 1.50. The Morgan fingerprint density at radius 1 is 1.16 bits per heavy atom. The zero-order valence-corrected chi connectivity index (χ0v) is 19.0. The number of hydrogen-bond acceptors (Lipinski definition) is 5. The van der Waals surface area contributed by atoms with E-state index in [1.54, 1.807) is 24.5 Å². The lowest BCUT2D eigenvalue weighted by molar-refractivity contribution is 0.0951. The van der Waals surface area contributed by atoms with Gasteiger partial charge in [0.15, 0.2) is 0 Å². The second-order valence-electron chi connectivity index (χ2n) is 7.79. The Kier molecular flexibility index (Phi) is 7.17. The molecular formula is C25H27N3O3S. The molecule has 166 valence electrons. The minimum absolute atomic E-state index is 0.166. The Hall–Kier alpha value is -3.19. The summed E-state index contributed by atoms with van der Waals surface area (Å²) in [6.07, 6.45) is 8.29. The minimum atomic E-state index is -0.243. The van der Waals surface area contributed by atoms with E-state index in [0.29, 0.717) is 35.0 Å². The third kappa shape index (κ3) is 5.16. The summed E-state index contributed by atoms with van der Waals surface area (Å²) in [6, 6.07) is 10.9. The number of rotatable bonds is 9. The van der Waals surface area contributed by atoms with Crippen molar-refractivity contribution >= 4 is 28.2 Å². The van der Waals surface area contributed by atoms with Crippen LogP contribution in [0, 0.1) is 0 Å². The van der Waals surface area contributed by atoms with E-state index < -0.39 is 0 Å². The summed E-state index contributed by atoms with van der Waals surface area (Å²) in [5.41, 5.74) is 3.09. The number of ether oxygens (including phenoxy) is 1. The molecule has 7 heteroatoms. The average Bonchev–Trinajstić information content (AvgIpc) is 3.39. The Morgan fingerprint density at radius 2 is 2.06 bits per heavy atom. The van der Waals surface area contributed by atoms with Crippen LogP contribution < -0.4 is 15.4 Å². The van der Waals surface area contributed by atoms with Gasteiger partial charge in [-0.3, -0.25) is 14.6 Å². The fourth-order valence-corrected chi connectivity index (χ4v) is 5.02. The van der Waals surface area contributed by atoms with Gasteiger partial charge in [0.1, 0.15) is 10.8 Å². The van der Waals surface area contributed by atoms with Gasteiger partial charge >= 0.3 is 0 Å². The van der Waals surface area contributed by atoms with Gasteiger partial charge in [0.2, 0.25) is 0 Å². The smallest absolute Gasteiger partial charge is 0.256 e. The number of aromatic nitrogens is 1. The number of hydrogen-bond donors (Lipinski definition) is 2. The average molecular weight is 450 g/mol. The lowest BCUT2D eigenvalue weighted by Crippen LogP contribution is -2.25. The molecule has 2 heterocycles. The maximum absolute atomic E-state index is 13.1. The third-order valence-electron chi connectivity index (χ3n) is 5.41. The molecule has 0 atom stereocenters. The first-order chi connectivity index (χ1) is 15.7. The molecule has 0 spiro atoms. The molecule has 2 amide bonds. The standard InChI is InChI=1S/C25H27N3O3S/c1-2-3-13-31-19-9-4-8-18(14-19)23(29)28-25-22(20-10-5-11-21(20)32-25)24(30)27-16-17-7-6-12-26-15-17/h4,6-9,12,14-15H,2-3,5,10-11,13,16H2,1H3,(H,27,30)(H,28,29). The molecule has 4 rings (SSSR count). The number of fused-ring (bicyclic) bond motifs is 1. The van der Waals surface area contributed by atoms with E-state index in [1.165, 1.54) is 16.2 Å².